The van der Waals surface area contributed by atoms with E-state index in [4.69, 9.17) is 4.74 Å². The van der Waals surface area contributed by atoms with Crippen molar-refractivity contribution < 1.29 is 27.4 Å². The van der Waals surface area contributed by atoms with Crippen molar-refractivity contribution in [1.29, 1.82) is 0 Å². The SMILES string of the molecule is COCc1[nH]nc(C(=O)NCc2cccc(F)c2OC(F)F)c1Cc1ccc(Cn2ccccc2=O)cc1. The summed E-state index contributed by atoms with van der Waals surface area (Å²) < 4.78 is 50.5. The number of amides is 1. The number of hydrogen-bond donors (Lipinski definition) is 2. The average Bonchev–Trinajstić information content (AvgIpc) is 3.29. The molecule has 1 amide bonds. The van der Waals surface area contributed by atoms with Crippen molar-refractivity contribution in [2.75, 3.05) is 7.11 Å². The lowest BCUT2D eigenvalue weighted by Crippen LogP contribution is -2.25. The zero-order chi connectivity index (χ0) is 27.1. The summed E-state index contributed by atoms with van der Waals surface area (Å²) in [6.07, 6.45) is 2.07. The number of para-hydroxylation sites is 1. The molecule has 0 fully saturated rings. The molecule has 38 heavy (non-hydrogen) atoms. The van der Waals surface area contributed by atoms with Gasteiger partial charge >= 0.3 is 6.61 Å². The number of aromatic amines is 1. The normalized spacial score (nSPS) is 11.1. The number of rotatable bonds is 11. The van der Waals surface area contributed by atoms with Crippen molar-refractivity contribution in [3.8, 4) is 5.75 Å². The van der Waals surface area contributed by atoms with Crippen LogP contribution in [0, 0.1) is 5.82 Å². The van der Waals surface area contributed by atoms with Gasteiger partial charge in [-0.15, -0.1) is 0 Å². The van der Waals surface area contributed by atoms with Gasteiger partial charge in [-0.25, -0.2) is 4.39 Å². The number of halogens is 3. The number of aromatic nitrogens is 3. The maximum atomic E-state index is 14.0. The number of pyridine rings is 1. The van der Waals surface area contributed by atoms with Gasteiger partial charge in [0.1, 0.15) is 0 Å². The van der Waals surface area contributed by atoms with Crippen LogP contribution in [-0.4, -0.2) is 34.4 Å². The maximum Gasteiger partial charge on any atom is 0.387 e. The fourth-order valence-corrected chi connectivity index (χ4v) is 3.97. The Balaban J connectivity index is 1.50. The van der Waals surface area contributed by atoms with Crippen molar-refractivity contribution in [1.82, 2.24) is 20.1 Å². The zero-order valence-corrected chi connectivity index (χ0v) is 20.4. The molecular weight excluding hydrogens is 501 g/mol. The molecule has 0 radical (unpaired) electrons. The number of ether oxygens (including phenoxy) is 2. The molecule has 0 atom stereocenters. The lowest BCUT2D eigenvalue weighted by molar-refractivity contribution is -0.0528. The van der Waals surface area contributed by atoms with Crippen LogP contribution in [0.25, 0.3) is 0 Å². The molecule has 198 valence electrons. The Kier molecular flexibility index (Phi) is 8.59. The van der Waals surface area contributed by atoms with E-state index in [-0.39, 0.29) is 30.0 Å². The molecule has 2 N–H and O–H groups in total. The highest BCUT2D eigenvalue weighted by Crippen LogP contribution is 2.25. The van der Waals surface area contributed by atoms with E-state index >= 15 is 0 Å². The number of nitrogens with one attached hydrogen (secondary N) is 2. The van der Waals surface area contributed by atoms with Gasteiger partial charge in [-0.05, 0) is 23.3 Å². The van der Waals surface area contributed by atoms with E-state index < -0.39 is 24.1 Å². The smallest absolute Gasteiger partial charge is 0.387 e. The predicted molar refractivity (Wildman–Crippen MR) is 133 cm³/mol. The van der Waals surface area contributed by atoms with Crippen molar-refractivity contribution in [3.05, 3.63) is 117 Å². The Morgan fingerprint density at radius 1 is 1.08 bits per heavy atom. The predicted octanol–water partition coefficient (Wildman–Crippen LogP) is 4.03. The van der Waals surface area contributed by atoms with E-state index in [9.17, 15) is 22.8 Å². The highest BCUT2D eigenvalue weighted by molar-refractivity contribution is 5.94. The van der Waals surface area contributed by atoms with Crippen molar-refractivity contribution in [2.45, 2.75) is 32.7 Å². The van der Waals surface area contributed by atoms with E-state index in [1.54, 1.807) is 22.9 Å². The zero-order valence-electron chi connectivity index (χ0n) is 20.4. The summed E-state index contributed by atoms with van der Waals surface area (Å²) in [5.74, 6) is -2.16. The summed E-state index contributed by atoms with van der Waals surface area (Å²) >= 11 is 0. The minimum atomic E-state index is -3.21. The lowest BCUT2D eigenvalue weighted by Gasteiger charge is -2.12. The molecule has 2 aromatic heterocycles. The second kappa shape index (κ2) is 12.2. The number of hydrogen-bond acceptors (Lipinski definition) is 5. The Hall–Kier alpha value is -4.38. The van der Waals surface area contributed by atoms with Crippen molar-refractivity contribution >= 4 is 5.91 Å². The summed E-state index contributed by atoms with van der Waals surface area (Å²) in [4.78, 5) is 25.0. The van der Waals surface area contributed by atoms with Gasteiger partial charge < -0.3 is 19.4 Å². The minimum Gasteiger partial charge on any atom is -0.431 e. The Bertz CT molecular complexity index is 1450. The van der Waals surface area contributed by atoms with Gasteiger partial charge in [0.05, 0.1) is 18.8 Å². The number of alkyl halides is 2. The number of nitrogens with zero attached hydrogens (tertiary/aromatic N) is 2. The first-order valence-corrected chi connectivity index (χ1v) is 11.6. The summed E-state index contributed by atoms with van der Waals surface area (Å²) in [5, 5.41) is 9.54. The van der Waals surface area contributed by atoms with E-state index in [1.165, 1.54) is 25.3 Å². The van der Waals surface area contributed by atoms with Crippen molar-refractivity contribution in [2.24, 2.45) is 0 Å². The van der Waals surface area contributed by atoms with Gasteiger partial charge in [0.15, 0.2) is 17.3 Å². The van der Waals surface area contributed by atoms with Gasteiger partial charge in [-0.1, -0.05) is 42.5 Å². The van der Waals surface area contributed by atoms with Crippen LogP contribution in [0.2, 0.25) is 0 Å². The quantitative estimate of drug-likeness (QED) is 0.308. The number of benzene rings is 2. The van der Waals surface area contributed by atoms with Gasteiger partial charge in [0.2, 0.25) is 0 Å². The molecule has 4 rings (SSSR count). The van der Waals surface area contributed by atoms with Crippen LogP contribution in [0.1, 0.15) is 38.4 Å². The molecule has 0 aliphatic carbocycles. The van der Waals surface area contributed by atoms with E-state index in [0.717, 1.165) is 17.2 Å². The second-order valence-corrected chi connectivity index (χ2v) is 8.41. The molecule has 4 aromatic rings. The highest BCUT2D eigenvalue weighted by atomic mass is 19.3. The first-order chi connectivity index (χ1) is 18.4. The molecule has 0 unspecified atom stereocenters. The van der Waals surface area contributed by atoms with Gasteiger partial charge in [-0.3, -0.25) is 14.7 Å². The maximum absolute atomic E-state index is 14.0. The van der Waals surface area contributed by atoms with Crippen LogP contribution in [0.3, 0.4) is 0 Å². The third kappa shape index (κ3) is 6.48. The molecule has 0 aliphatic heterocycles. The first-order valence-electron chi connectivity index (χ1n) is 11.6. The van der Waals surface area contributed by atoms with Gasteiger partial charge in [0, 0.05) is 43.5 Å². The van der Waals surface area contributed by atoms with Gasteiger partial charge in [0.25, 0.3) is 11.5 Å². The van der Waals surface area contributed by atoms with Crippen LogP contribution < -0.4 is 15.6 Å². The molecule has 0 saturated carbocycles. The number of H-pyrrole nitrogens is 1. The van der Waals surface area contributed by atoms with E-state index in [2.05, 4.69) is 20.3 Å². The highest BCUT2D eigenvalue weighted by Gasteiger charge is 2.21. The summed E-state index contributed by atoms with van der Waals surface area (Å²) in [6.45, 7) is -2.86. The molecular formula is C27H25F3N4O4. The summed E-state index contributed by atoms with van der Waals surface area (Å²) in [7, 11) is 1.51. The number of carbonyl (C=O) groups excluding carboxylic acids is 1. The standard InChI is InChI=1S/C27H25F3N4O4/c1-37-16-22-20(13-17-8-10-18(11-9-17)15-34-12-3-2-7-23(34)35)24(33-32-22)26(36)31-14-19-5-4-6-21(28)25(19)38-27(29)30/h2-12,27H,13-16H2,1H3,(H,31,36)(H,32,33). The number of carbonyl (C=O) groups is 1. The average molecular weight is 527 g/mol. The van der Waals surface area contributed by atoms with E-state index in [1.807, 2.05) is 24.3 Å². The molecule has 11 heteroatoms. The Labute approximate surface area is 216 Å². The largest absolute Gasteiger partial charge is 0.431 e. The fraction of sp³-hybridized carbons (Fsp3) is 0.222. The first kappa shape index (κ1) is 26.7. The topological polar surface area (TPSA) is 98.2 Å². The summed E-state index contributed by atoms with van der Waals surface area (Å²) in [6, 6.07) is 16.3. The second-order valence-electron chi connectivity index (χ2n) is 8.41. The third-order valence-electron chi connectivity index (χ3n) is 5.81. The molecule has 2 aromatic carbocycles. The summed E-state index contributed by atoms with van der Waals surface area (Å²) in [5.41, 5.74) is 3.08. The van der Waals surface area contributed by atoms with E-state index in [0.29, 0.717) is 24.2 Å². The molecule has 8 nitrogen and oxygen atoms in total. The molecule has 0 saturated heterocycles. The van der Waals surface area contributed by atoms with Crippen molar-refractivity contribution in [3.63, 3.8) is 0 Å². The molecule has 0 aliphatic rings. The Morgan fingerprint density at radius 2 is 1.84 bits per heavy atom. The third-order valence-corrected chi connectivity index (χ3v) is 5.81. The Morgan fingerprint density at radius 3 is 2.55 bits per heavy atom. The van der Waals surface area contributed by atoms with Crippen LogP contribution in [0.5, 0.6) is 5.75 Å². The lowest BCUT2D eigenvalue weighted by atomic mass is 10.0. The van der Waals surface area contributed by atoms with Crippen LogP contribution in [0.15, 0.2) is 71.7 Å². The van der Waals surface area contributed by atoms with Gasteiger partial charge in [-0.2, -0.15) is 13.9 Å². The molecule has 0 spiro atoms. The van der Waals surface area contributed by atoms with Crippen LogP contribution >= 0.6 is 0 Å². The molecule has 0 bridgehead atoms. The minimum absolute atomic E-state index is 0.0564. The monoisotopic (exact) mass is 526 g/mol. The van der Waals surface area contributed by atoms with Crippen LogP contribution in [0.4, 0.5) is 13.2 Å². The fourth-order valence-electron chi connectivity index (χ4n) is 3.97. The molecule has 2 heterocycles. The number of methoxy groups -OCH3 is 1. The van der Waals surface area contributed by atoms with Crippen LogP contribution in [-0.2, 0) is 30.9 Å².